The van der Waals surface area contributed by atoms with Crippen molar-refractivity contribution in [2.75, 3.05) is 19.3 Å². The number of nitrogens with zero attached hydrogens (tertiary/aromatic N) is 1. The second-order valence-corrected chi connectivity index (χ2v) is 6.45. The average Bonchev–Trinajstić information content (AvgIpc) is 2.61. The molecule has 0 bridgehead atoms. The number of hydrogen-bond donors (Lipinski definition) is 0. The number of amides is 1. The monoisotopic (exact) mass is 227 g/mol. The molecule has 0 aromatic rings. The molecule has 2 nitrogen and oxygen atoms in total. The number of likely N-dealkylation sites (tertiary alicyclic amines) is 1. The summed E-state index contributed by atoms with van der Waals surface area (Å²) in [6.45, 7) is 4.20. The van der Waals surface area contributed by atoms with Crippen molar-refractivity contribution in [3.05, 3.63) is 0 Å². The van der Waals surface area contributed by atoms with Crippen LogP contribution in [-0.2, 0) is 4.79 Å². The van der Waals surface area contributed by atoms with Crippen LogP contribution >= 0.6 is 11.8 Å². The van der Waals surface area contributed by atoms with Crippen LogP contribution < -0.4 is 0 Å². The fourth-order valence-electron chi connectivity index (χ4n) is 2.69. The largest absolute Gasteiger partial charge is 0.342 e. The van der Waals surface area contributed by atoms with E-state index >= 15 is 0 Å². The Hall–Kier alpha value is -0.180. The van der Waals surface area contributed by atoms with Gasteiger partial charge >= 0.3 is 0 Å². The van der Waals surface area contributed by atoms with Crippen LogP contribution in [0.15, 0.2) is 0 Å². The molecule has 1 amide bonds. The summed E-state index contributed by atoms with van der Waals surface area (Å²) < 4.78 is 0. The van der Waals surface area contributed by atoms with Gasteiger partial charge in [0.05, 0.1) is 0 Å². The lowest BCUT2D eigenvalue weighted by atomic mass is 9.68. The second-order valence-electron chi connectivity index (χ2n) is 5.17. The Kier molecular flexibility index (Phi) is 3.29. The van der Waals surface area contributed by atoms with E-state index in [2.05, 4.69) is 18.1 Å². The lowest BCUT2D eigenvalue weighted by molar-refractivity contribution is -0.130. The Balaban J connectivity index is 1.82. The molecule has 86 valence electrons. The van der Waals surface area contributed by atoms with Gasteiger partial charge < -0.3 is 4.90 Å². The van der Waals surface area contributed by atoms with Gasteiger partial charge in [0, 0.05) is 24.8 Å². The predicted octanol–water partition coefficient (Wildman–Crippen LogP) is 2.53. The van der Waals surface area contributed by atoms with E-state index in [-0.39, 0.29) is 0 Å². The van der Waals surface area contributed by atoms with Crippen LogP contribution in [0.1, 0.15) is 39.0 Å². The van der Waals surface area contributed by atoms with Gasteiger partial charge in [-0.1, -0.05) is 13.3 Å². The van der Waals surface area contributed by atoms with Gasteiger partial charge in [0.2, 0.25) is 5.91 Å². The molecule has 0 unspecified atom stereocenters. The third-order valence-corrected chi connectivity index (χ3v) is 5.04. The van der Waals surface area contributed by atoms with Gasteiger partial charge in [0.15, 0.2) is 0 Å². The molecule has 1 spiro atoms. The maximum absolute atomic E-state index is 12.0. The average molecular weight is 227 g/mol. The molecule has 0 aromatic carbocycles. The van der Waals surface area contributed by atoms with E-state index in [1.165, 1.54) is 25.7 Å². The van der Waals surface area contributed by atoms with Crippen LogP contribution in [-0.4, -0.2) is 35.4 Å². The zero-order chi connectivity index (χ0) is 10.9. The molecule has 1 aliphatic heterocycles. The van der Waals surface area contributed by atoms with Crippen molar-refractivity contribution in [2.24, 2.45) is 5.41 Å². The highest BCUT2D eigenvalue weighted by molar-refractivity contribution is 7.99. The summed E-state index contributed by atoms with van der Waals surface area (Å²) in [6.07, 6.45) is 8.14. The summed E-state index contributed by atoms with van der Waals surface area (Å²) >= 11 is 1.78. The molecule has 2 rings (SSSR count). The maximum Gasteiger partial charge on any atom is 0.223 e. The van der Waals surface area contributed by atoms with E-state index in [9.17, 15) is 4.79 Å². The fourth-order valence-corrected chi connectivity index (χ4v) is 3.00. The normalized spacial score (nSPS) is 25.3. The summed E-state index contributed by atoms with van der Waals surface area (Å²) in [7, 11) is 0. The SMILES string of the molecule is CS[C@@H](C)CC(=O)N1CCC2(CCC2)C1. The first-order chi connectivity index (χ1) is 7.15. The molecule has 1 saturated carbocycles. The predicted molar refractivity (Wildman–Crippen MR) is 65.1 cm³/mol. The van der Waals surface area contributed by atoms with Crippen molar-refractivity contribution in [3.63, 3.8) is 0 Å². The third-order valence-electron chi connectivity index (χ3n) is 4.07. The van der Waals surface area contributed by atoms with Crippen molar-refractivity contribution in [3.8, 4) is 0 Å². The van der Waals surface area contributed by atoms with Crippen LogP contribution in [0.2, 0.25) is 0 Å². The van der Waals surface area contributed by atoms with Crippen LogP contribution in [0.5, 0.6) is 0 Å². The van der Waals surface area contributed by atoms with Gasteiger partial charge in [-0.15, -0.1) is 0 Å². The molecule has 1 aliphatic carbocycles. The standard InChI is InChI=1S/C12H21NOS/c1-10(15-2)8-11(14)13-7-6-12(9-13)4-3-5-12/h10H,3-9H2,1-2H3/t10-/m0/s1. The van der Waals surface area contributed by atoms with E-state index in [0.717, 1.165) is 19.5 Å². The lowest BCUT2D eigenvalue weighted by Gasteiger charge is -2.38. The number of thioether (sulfide) groups is 1. The summed E-state index contributed by atoms with van der Waals surface area (Å²) in [5.41, 5.74) is 0.554. The first kappa shape index (κ1) is 11.3. The Labute approximate surface area is 96.8 Å². The molecular weight excluding hydrogens is 206 g/mol. The van der Waals surface area contributed by atoms with Crippen molar-refractivity contribution < 1.29 is 4.79 Å². The zero-order valence-electron chi connectivity index (χ0n) is 9.79. The van der Waals surface area contributed by atoms with Crippen molar-refractivity contribution in [1.29, 1.82) is 0 Å². The molecule has 0 radical (unpaired) electrons. The molecule has 3 heteroatoms. The van der Waals surface area contributed by atoms with E-state index in [4.69, 9.17) is 0 Å². The van der Waals surface area contributed by atoms with Crippen molar-refractivity contribution in [1.82, 2.24) is 4.90 Å². The summed E-state index contributed by atoms with van der Waals surface area (Å²) in [5, 5.41) is 0.468. The number of carbonyl (C=O) groups is 1. The Morgan fingerprint density at radius 2 is 2.20 bits per heavy atom. The molecule has 1 saturated heterocycles. The first-order valence-electron chi connectivity index (χ1n) is 5.96. The summed E-state index contributed by atoms with van der Waals surface area (Å²) in [6, 6.07) is 0. The van der Waals surface area contributed by atoms with Gasteiger partial charge in [0.25, 0.3) is 0 Å². The number of carbonyl (C=O) groups excluding carboxylic acids is 1. The minimum atomic E-state index is 0.376. The van der Waals surface area contributed by atoms with Crippen LogP contribution in [0, 0.1) is 5.41 Å². The van der Waals surface area contributed by atoms with Gasteiger partial charge in [-0.25, -0.2) is 0 Å². The van der Waals surface area contributed by atoms with E-state index < -0.39 is 0 Å². The fraction of sp³-hybridized carbons (Fsp3) is 0.917. The minimum absolute atomic E-state index is 0.376. The quantitative estimate of drug-likeness (QED) is 0.738. The molecule has 0 aromatic heterocycles. The third kappa shape index (κ3) is 2.32. The Morgan fingerprint density at radius 1 is 1.47 bits per heavy atom. The smallest absolute Gasteiger partial charge is 0.223 e. The topological polar surface area (TPSA) is 20.3 Å². The number of hydrogen-bond acceptors (Lipinski definition) is 2. The highest BCUT2D eigenvalue weighted by Gasteiger charge is 2.43. The Morgan fingerprint density at radius 3 is 2.67 bits per heavy atom. The van der Waals surface area contributed by atoms with Gasteiger partial charge in [-0.05, 0) is 30.9 Å². The van der Waals surface area contributed by atoms with Crippen molar-refractivity contribution in [2.45, 2.75) is 44.3 Å². The Bertz CT molecular complexity index is 250. The molecule has 2 fully saturated rings. The molecular formula is C12H21NOS. The van der Waals surface area contributed by atoms with Gasteiger partial charge in [0.1, 0.15) is 0 Å². The van der Waals surface area contributed by atoms with Gasteiger partial charge in [-0.2, -0.15) is 11.8 Å². The van der Waals surface area contributed by atoms with Crippen LogP contribution in [0.4, 0.5) is 0 Å². The maximum atomic E-state index is 12.0. The highest BCUT2D eigenvalue weighted by atomic mass is 32.2. The van der Waals surface area contributed by atoms with Crippen LogP contribution in [0.25, 0.3) is 0 Å². The lowest BCUT2D eigenvalue weighted by Crippen LogP contribution is -2.36. The molecule has 0 N–H and O–H groups in total. The summed E-state index contributed by atoms with van der Waals surface area (Å²) in [5.74, 6) is 0.376. The second kappa shape index (κ2) is 4.36. The van der Waals surface area contributed by atoms with Crippen molar-refractivity contribution >= 4 is 17.7 Å². The zero-order valence-corrected chi connectivity index (χ0v) is 10.6. The van der Waals surface area contributed by atoms with Crippen LogP contribution in [0.3, 0.4) is 0 Å². The first-order valence-corrected chi connectivity index (χ1v) is 7.25. The summed E-state index contributed by atoms with van der Waals surface area (Å²) in [4.78, 5) is 14.1. The molecule has 2 aliphatic rings. The van der Waals surface area contributed by atoms with E-state index in [1.54, 1.807) is 11.8 Å². The molecule has 15 heavy (non-hydrogen) atoms. The number of rotatable bonds is 3. The minimum Gasteiger partial charge on any atom is -0.342 e. The van der Waals surface area contributed by atoms with Gasteiger partial charge in [-0.3, -0.25) is 4.79 Å². The highest BCUT2D eigenvalue weighted by Crippen LogP contribution is 2.48. The van der Waals surface area contributed by atoms with E-state index in [0.29, 0.717) is 16.6 Å². The molecule has 1 heterocycles. The molecule has 1 atom stereocenters. The van der Waals surface area contributed by atoms with E-state index in [1.807, 2.05) is 0 Å².